The lowest BCUT2D eigenvalue weighted by Crippen LogP contribution is -2.10. The summed E-state index contributed by atoms with van der Waals surface area (Å²) in [5.74, 6) is 0.960. The predicted molar refractivity (Wildman–Crippen MR) is 59.9 cm³/mol. The van der Waals surface area contributed by atoms with Crippen molar-refractivity contribution in [3.05, 3.63) is 29.3 Å². The van der Waals surface area contributed by atoms with Gasteiger partial charge in [-0.05, 0) is 31.0 Å². The summed E-state index contributed by atoms with van der Waals surface area (Å²) in [6, 6.07) is 6.65. The topological polar surface area (TPSA) is 21.3 Å². The molecule has 14 heavy (non-hydrogen) atoms. The molecule has 0 aromatic heterocycles. The van der Waals surface area contributed by atoms with Crippen LogP contribution in [0, 0.1) is 6.92 Å². The van der Waals surface area contributed by atoms with E-state index in [1.807, 2.05) is 13.0 Å². The molecule has 3 heteroatoms. The maximum Gasteiger partial charge on any atom is 0.122 e. The summed E-state index contributed by atoms with van der Waals surface area (Å²) in [5.41, 5.74) is 2.40. The van der Waals surface area contributed by atoms with Crippen molar-refractivity contribution in [2.45, 2.75) is 20.4 Å². The molecule has 0 spiro atoms. The maximum absolute atomic E-state index is 5.54. The summed E-state index contributed by atoms with van der Waals surface area (Å²) in [6.45, 7) is 5.55. The Morgan fingerprint density at radius 1 is 1.43 bits per heavy atom. The summed E-state index contributed by atoms with van der Waals surface area (Å²) in [6.07, 6.45) is 0. The van der Waals surface area contributed by atoms with E-state index in [2.05, 4.69) is 24.4 Å². The number of aryl methyl sites for hydroxylation is 1. The van der Waals surface area contributed by atoms with Gasteiger partial charge in [-0.3, -0.25) is 5.32 Å². The van der Waals surface area contributed by atoms with Crippen molar-refractivity contribution in [2.24, 2.45) is 0 Å². The number of halogens is 1. The third kappa shape index (κ3) is 3.20. The Bertz CT molecular complexity index is 289. The summed E-state index contributed by atoms with van der Waals surface area (Å²) < 4.78 is 5.45. The van der Waals surface area contributed by atoms with Gasteiger partial charge in [-0.2, -0.15) is 0 Å². The quantitative estimate of drug-likeness (QED) is 0.600. The molecule has 0 atom stereocenters. The SMILES string of the molecule is CCOc1ccc(CNCCl)cc1C. The van der Waals surface area contributed by atoms with Gasteiger partial charge in [0.05, 0.1) is 12.6 Å². The third-order valence-electron chi connectivity index (χ3n) is 1.96. The molecule has 1 rings (SSSR count). The van der Waals surface area contributed by atoms with Gasteiger partial charge in [0, 0.05) is 6.54 Å². The van der Waals surface area contributed by atoms with Gasteiger partial charge in [-0.25, -0.2) is 0 Å². The highest BCUT2D eigenvalue weighted by atomic mass is 35.5. The van der Waals surface area contributed by atoms with Crippen molar-refractivity contribution in [1.82, 2.24) is 5.32 Å². The molecule has 0 aliphatic carbocycles. The highest BCUT2D eigenvalue weighted by Crippen LogP contribution is 2.18. The predicted octanol–water partition coefficient (Wildman–Crippen LogP) is 2.68. The average molecular weight is 214 g/mol. The summed E-state index contributed by atoms with van der Waals surface area (Å²) in [4.78, 5) is 0. The van der Waals surface area contributed by atoms with Crippen LogP contribution in [0.4, 0.5) is 0 Å². The fourth-order valence-corrected chi connectivity index (χ4v) is 1.42. The molecule has 0 unspecified atom stereocenters. The van der Waals surface area contributed by atoms with E-state index in [0.717, 1.165) is 12.3 Å². The number of hydrogen-bond donors (Lipinski definition) is 1. The molecule has 0 amide bonds. The van der Waals surface area contributed by atoms with Crippen LogP contribution in [-0.2, 0) is 6.54 Å². The molecule has 0 fully saturated rings. The zero-order chi connectivity index (χ0) is 10.4. The van der Waals surface area contributed by atoms with Crippen molar-refractivity contribution < 1.29 is 4.74 Å². The Hall–Kier alpha value is -0.730. The van der Waals surface area contributed by atoms with Gasteiger partial charge in [0.15, 0.2) is 0 Å². The zero-order valence-electron chi connectivity index (χ0n) is 8.64. The van der Waals surface area contributed by atoms with Crippen molar-refractivity contribution >= 4 is 11.6 Å². The van der Waals surface area contributed by atoms with Crippen LogP contribution in [0.3, 0.4) is 0 Å². The van der Waals surface area contributed by atoms with Crippen LogP contribution >= 0.6 is 11.6 Å². The first-order valence-electron chi connectivity index (χ1n) is 4.77. The largest absolute Gasteiger partial charge is 0.494 e. The van der Waals surface area contributed by atoms with E-state index in [9.17, 15) is 0 Å². The van der Waals surface area contributed by atoms with E-state index in [4.69, 9.17) is 16.3 Å². The second kappa shape index (κ2) is 5.89. The molecule has 0 radical (unpaired) electrons. The van der Waals surface area contributed by atoms with Crippen LogP contribution in [-0.4, -0.2) is 12.6 Å². The molecular formula is C11H16ClNO. The van der Waals surface area contributed by atoms with E-state index in [1.54, 1.807) is 0 Å². The number of nitrogens with one attached hydrogen (secondary N) is 1. The van der Waals surface area contributed by atoms with Gasteiger partial charge >= 0.3 is 0 Å². The normalized spacial score (nSPS) is 10.2. The van der Waals surface area contributed by atoms with Gasteiger partial charge in [-0.15, -0.1) is 11.6 Å². The smallest absolute Gasteiger partial charge is 0.122 e. The highest BCUT2D eigenvalue weighted by Gasteiger charge is 1.99. The van der Waals surface area contributed by atoms with Gasteiger partial charge in [0.1, 0.15) is 5.75 Å². The second-order valence-electron chi connectivity index (χ2n) is 3.09. The minimum atomic E-state index is 0.478. The van der Waals surface area contributed by atoms with Crippen molar-refractivity contribution in [3.63, 3.8) is 0 Å². The minimum Gasteiger partial charge on any atom is -0.494 e. The van der Waals surface area contributed by atoms with E-state index in [-0.39, 0.29) is 0 Å². The molecule has 78 valence electrons. The fourth-order valence-electron chi connectivity index (χ4n) is 1.33. The molecule has 0 heterocycles. The van der Waals surface area contributed by atoms with Crippen LogP contribution in [0.5, 0.6) is 5.75 Å². The van der Waals surface area contributed by atoms with Crippen molar-refractivity contribution in [3.8, 4) is 5.75 Å². The van der Waals surface area contributed by atoms with Gasteiger partial charge in [0.2, 0.25) is 0 Å². The van der Waals surface area contributed by atoms with Crippen molar-refractivity contribution in [1.29, 1.82) is 0 Å². The number of hydrogen-bond acceptors (Lipinski definition) is 2. The number of rotatable bonds is 5. The Morgan fingerprint density at radius 3 is 2.79 bits per heavy atom. The molecule has 1 N–H and O–H groups in total. The lowest BCUT2D eigenvalue weighted by molar-refractivity contribution is 0.338. The molecule has 0 aliphatic heterocycles. The van der Waals surface area contributed by atoms with Crippen LogP contribution in [0.1, 0.15) is 18.1 Å². The first-order valence-corrected chi connectivity index (χ1v) is 5.30. The summed E-state index contributed by atoms with van der Waals surface area (Å²) >= 11 is 5.54. The summed E-state index contributed by atoms with van der Waals surface area (Å²) in [5, 5.41) is 3.07. The first-order chi connectivity index (χ1) is 6.77. The zero-order valence-corrected chi connectivity index (χ0v) is 9.40. The maximum atomic E-state index is 5.54. The molecule has 0 saturated carbocycles. The Kier molecular flexibility index (Phi) is 4.77. The molecule has 0 saturated heterocycles. The Labute approximate surface area is 90.2 Å². The number of alkyl halides is 1. The first kappa shape index (κ1) is 11.3. The van der Waals surface area contributed by atoms with E-state index in [1.165, 1.54) is 11.1 Å². The molecule has 1 aromatic carbocycles. The number of ether oxygens (including phenoxy) is 1. The highest BCUT2D eigenvalue weighted by molar-refractivity contribution is 6.17. The molecule has 2 nitrogen and oxygen atoms in total. The standard InChI is InChI=1S/C11H16ClNO/c1-3-14-11-5-4-10(6-9(11)2)7-13-8-12/h4-6,13H,3,7-8H2,1-2H3. The van der Waals surface area contributed by atoms with Crippen LogP contribution < -0.4 is 10.1 Å². The molecule has 1 aromatic rings. The van der Waals surface area contributed by atoms with E-state index >= 15 is 0 Å². The lowest BCUT2D eigenvalue weighted by Gasteiger charge is -2.08. The van der Waals surface area contributed by atoms with Gasteiger partial charge < -0.3 is 4.74 Å². The fraction of sp³-hybridized carbons (Fsp3) is 0.455. The minimum absolute atomic E-state index is 0.478. The average Bonchev–Trinajstić information content (AvgIpc) is 2.19. The second-order valence-corrected chi connectivity index (χ2v) is 3.36. The van der Waals surface area contributed by atoms with Crippen LogP contribution in [0.15, 0.2) is 18.2 Å². The monoisotopic (exact) mass is 213 g/mol. The Balaban J connectivity index is 2.68. The van der Waals surface area contributed by atoms with Gasteiger partial charge in [-0.1, -0.05) is 12.1 Å². The lowest BCUT2D eigenvalue weighted by atomic mass is 10.1. The third-order valence-corrected chi connectivity index (χ3v) is 2.15. The molecule has 0 aliphatic rings. The number of benzene rings is 1. The Morgan fingerprint density at radius 2 is 2.21 bits per heavy atom. The van der Waals surface area contributed by atoms with E-state index < -0.39 is 0 Å². The van der Waals surface area contributed by atoms with E-state index in [0.29, 0.717) is 12.6 Å². The van der Waals surface area contributed by atoms with Crippen molar-refractivity contribution in [2.75, 3.05) is 12.6 Å². The molecular weight excluding hydrogens is 198 g/mol. The van der Waals surface area contributed by atoms with Crippen LogP contribution in [0.25, 0.3) is 0 Å². The van der Waals surface area contributed by atoms with Crippen LogP contribution in [0.2, 0.25) is 0 Å². The summed E-state index contributed by atoms with van der Waals surface area (Å²) in [7, 11) is 0. The molecule has 0 bridgehead atoms. The van der Waals surface area contributed by atoms with Gasteiger partial charge in [0.25, 0.3) is 0 Å².